The zero-order chi connectivity index (χ0) is 17.3. The SMILES string of the molecule is COc1ccc(S(=O)(=O)Nc2c(C(N)=O)oc3ccccc23)cc1. The maximum absolute atomic E-state index is 12.6. The Morgan fingerprint density at radius 1 is 1.12 bits per heavy atom. The van der Waals surface area contributed by atoms with Crippen LogP contribution in [0, 0.1) is 0 Å². The molecule has 0 saturated heterocycles. The predicted octanol–water partition coefficient (Wildman–Crippen LogP) is 2.34. The number of nitrogens with one attached hydrogen (secondary N) is 1. The summed E-state index contributed by atoms with van der Waals surface area (Å²) in [7, 11) is -2.44. The lowest BCUT2D eigenvalue weighted by Gasteiger charge is -2.08. The third kappa shape index (κ3) is 2.79. The number of anilines is 1. The monoisotopic (exact) mass is 346 g/mol. The van der Waals surface area contributed by atoms with Gasteiger partial charge in [-0.3, -0.25) is 9.52 Å². The highest BCUT2D eigenvalue weighted by atomic mass is 32.2. The van der Waals surface area contributed by atoms with E-state index in [1.165, 1.54) is 31.4 Å². The molecule has 0 spiro atoms. The van der Waals surface area contributed by atoms with Crippen molar-refractivity contribution in [1.29, 1.82) is 0 Å². The highest BCUT2D eigenvalue weighted by Gasteiger charge is 2.23. The fourth-order valence-corrected chi connectivity index (χ4v) is 3.35. The van der Waals surface area contributed by atoms with Crippen molar-refractivity contribution in [2.75, 3.05) is 11.8 Å². The van der Waals surface area contributed by atoms with Crippen LogP contribution in [0.1, 0.15) is 10.6 Å². The number of amides is 1. The molecule has 0 aliphatic rings. The van der Waals surface area contributed by atoms with Crippen LogP contribution in [-0.2, 0) is 10.0 Å². The molecule has 0 radical (unpaired) electrons. The Balaban J connectivity index is 2.07. The number of hydrogen-bond acceptors (Lipinski definition) is 5. The Morgan fingerprint density at radius 3 is 2.42 bits per heavy atom. The summed E-state index contributed by atoms with van der Waals surface area (Å²) in [5, 5.41) is 0.448. The minimum absolute atomic E-state index is 0.0176. The van der Waals surface area contributed by atoms with Gasteiger partial charge in [-0.2, -0.15) is 0 Å². The molecule has 0 saturated carbocycles. The summed E-state index contributed by atoms with van der Waals surface area (Å²) in [6, 6.07) is 12.5. The normalized spacial score (nSPS) is 11.4. The number of carbonyl (C=O) groups excluding carboxylic acids is 1. The summed E-state index contributed by atoms with van der Waals surface area (Å²) in [4.78, 5) is 11.6. The molecule has 7 nitrogen and oxygen atoms in total. The quantitative estimate of drug-likeness (QED) is 0.736. The number of carbonyl (C=O) groups is 1. The fourth-order valence-electron chi connectivity index (χ4n) is 2.27. The molecule has 0 unspecified atom stereocenters. The van der Waals surface area contributed by atoms with Crippen LogP contribution in [0.4, 0.5) is 5.69 Å². The second-order valence-corrected chi connectivity index (χ2v) is 6.63. The largest absolute Gasteiger partial charge is 0.497 e. The number of furan rings is 1. The Bertz CT molecular complexity index is 1010. The van der Waals surface area contributed by atoms with Crippen molar-refractivity contribution in [3.8, 4) is 5.75 Å². The maximum atomic E-state index is 12.6. The van der Waals surface area contributed by atoms with Crippen LogP contribution in [0.25, 0.3) is 11.0 Å². The van der Waals surface area contributed by atoms with E-state index in [0.717, 1.165) is 0 Å². The average molecular weight is 346 g/mol. The summed E-state index contributed by atoms with van der Waals surface area (Å²) in [6.07, 6.45) is 0. The van der Waals surface area contributed by atoms with Crippen molar-refractivity contribution in [3.63, 3.8) is 0 Å². The van der Waals surface area contributed by atoms with Gasteiger partial charge < -0.3 is 14.9 Å². The number of methoxy groups -OCH3 is 1. The first kappa shape index (κ1) is 15.9. The van der Waals surface area contributed by atoms with Gasteiger partial charge in [-0.1, -0.05) is 12.1 Å². The zero-order valence-electron chi connectivity index (χ0n) is 12.6. The summed E-state index contributed by atoms with van der Waals surface area (Å²) in [5.41, 5.74) is 5.67. The highest BCUT2D eigenvalue weighted by molar-refractivity contribution is 7.92. The number of para-hydroxylation sites is 1. The van der Waals surface area contributed by atoms with E-state index in [1.807, 2.05) is 0 Å². The van der Waals surface area contributed by atoms with E-state index in [9.17, 15) is 13.2 Å². The minimum Gasteiger partial charge on any atom is -0.497 e. The number of ether oxygens (including phenoxy) is 1. The van der Waals surface area contributed by atoms with Gasteiger partial charge in [0, 0.05) is 5.39 Å². The number of nitrogens with two attached hydrogens (primary N) is 1. The van der Waals surface area contributed by atoms with Crippen LogP contribution in [-0.4, -0.2) is 21.4 Å². The molecule has 3 N–H and O–H groups in total. The molecule has 3 rings (SSSR count). The molecule has 24 heavy (non-hydrogen) atoms. The number of hydrogen-bond donors (Lipinski definition) is 2. The standard InChI is InChI=1S/C16H14N2O5S/c1-22-10-6-8-11(9-7-10)24(20,21)18-14-12-4-2-3-5-13(12)23-15(14)16(17)19/h2-9,18H,1H3,(H2,17,19). The van der Waals surface area contributed by atoms with E-state index < -0.39 is 15.9 Å². The summed E-state index contributed by atoms with van der Waals surface area (Å²) >= 11 is 0. The lowest BCUT2D eigenvalue weighted by molar-refractivity contribution is 0.0977. The van der Waals surface area contributed by atoms with Crippen LogP contribution >= 0.6 is 0 Å². The topological polar surface area (TPSA) is 112 Å². The van der Waals surface area contributed by atoms with Crippen LogP contribution in [0.15, 0.2) is 57.8 Å². The van der Waals surface area contributed by atoms with Gasteiger partial charge in [0.25, 0.3) is 15.9 Å². The van der Waals surface area contributed by atoms with Gasteiger partial charge in [0.15, 0.2) is 0 Å². The van der Waals surface area contributed by atoms with Crippen LogP contribution in [0.5, 0.6) is 5.75 Å². The third-order valence-electron chi connectivity index (χ3n) is 3.43. The number of fused-ring (bicyclic) bond motifs is 1. The van der Waals surface area contributed by atoms with Gasteiger partial charge in [0.2, 0.25) is 5.76 Å². The van der Waals surface area contributed by atoms with Crippen molar-refractivity contribution in [2.45, 2.75) is 4.90 Å². The van der Waals surface area contributed by atoms with Gasteiger partial charge in [0.05, 0.1) is 12.0 Å². The first-order valence-electron chi connectivity index (χ1n) is 6.90. The molecule has 1 amide bonds. The molecular weight excluding hydrogens is 332 g/mol. The predicted molar refractivity (Wildman–Crippen MR) is 88.5 cm³/mol. The van der Waals surface area contributed by atoms with E-state index >= 15 is 0 Å². The van der Waals surface area contributed by atoms with Crippen molar-refractivity contribution in [1.82, 2.24) is 0 Å². The Kier molecular flexibility index (Phi) is 3.90. The Labute approximate surface area is 138 Å². The Morgan fingerprint density at radius 2 is 1.79 bits per heavy atom. The van der Waals surface area contributed by atoms with E-state index in [1.54, 1.807) is 24.3 Å². The number of primary amides is 1. The zero-order valence-corrected chi connectivity index (χ0v) is 13.5. The lowest BCUT2D eigenvalue weighted by Crippen LogP contribution is -2.17. The van der Waals surface area contributed by atoms with Crippen LogP contribution < -0.4 is 15.2 Å². The van der Waals surface area contributed by atoms with E-state index in [4.69, 9.17) is 14.9 Å². The third-order valence-corrected chi connectivity index (χ3v) is 4.79. The number of benzene rings is 2. The molecule has 1 heterocycles. The Hall–Kier alpha value is -3.00. The highest BCUT2D eigenvalue weighted by Crippen LogP contribution is 2.32. The van der Waals surface area contributed by atoms with Gasteiger partial charge in [0.1, 0.15) is 17.0 Å². The average Bonchev–Trinajstić information content (AvgIpc) is 2.93. The lowest BCUT2D eigenvalue weighted by atomic mass is 10.2. The number of sulfonamides is 1. The molecule has 124 valence electrons. The fraction of sp³-hybridized carbons (Fsp3) is 0.0625. The van der Waals surface area contributed by atoms with Crippen molar-refractivity contribution in [2.24, 2.45) is 5.73 Å². The molecule has 0 fully saturated rings. The molecule has 0 bridgehead atoms. The van der Waals surface area contributed by atoms with Crippen LogP contribution in [0.2, 0.25) is 0 Å². The van der Waals surface area contributed by atoms with E-state index in [-0.39, 0.29) is 16.3 Å². The molecule has 8 heteroatoms. The molecule has 2 aromatic carbocycles. The molecule has 0 atom stereocenters. The smallest absolute Gasteiger partial charge is 0.286 e. The van der Waals surface area contributed by atoms with Crippen molar-refractivity contribution in [3.05, 3.63) is 54.3 Å². The van der Waals surface area contributed by atoms with Gasteiger partial charge in [-0.25, -0.2) is 8.42 Å². The summed E-state index contributed by atoms with van der Waals surface area (Å²) in [5.74, 6) is -0.576. The molecular formula is C16H14N2O5S. The molecule has 0 aliphatic carbocycles. The van der Waals surface area contributed by atoms with Gasteiger partial charge in [-0.15, -0.1) is 0 Å². The maximum Gasteiger partial charge on any atom is 0.286 e. The van der Waals surface area contributed by atoms with Crippen molar-refractivity contribution < 1.29 is 22.4 Å². The van der Waals surface area contributed by atoms with Crippen LogP contribution in [0.3, 0.4) is 0 Å². The second kappa shape index (κ2) is 5.89. The first-order chi connectivity index (χ1) is 11.4. The minimum atomic E-state index is -3.93. The summed E-state index contributed by atoms with van der Waals surface area (Å²) in [6.45, 7) is 0. The first-order valence-corrected chi connectivity index (χ1v) is 8.39. The second-order valence-electron chi connectivity index (χ2n) is 4.95. The van der Waals surface area contributed by atoms with E-state index in [0.29, 0.717) is 16.7 Å². The summed E-state index contributed by atoms with van der Waals surface area (Å²) < 4.78 is 37.9. The van der Waals surface area contributed by atoms with E-state index in [2.05, 4.69) is 4.72 Å². The van der Waals surface area contributed by atoms with Gasteiger partial charge in [-0.05, 0) is 36.4 Å². The van der Waals surface area contributed by atoms with Crippen molar-refractivity contribution >= 4 is 32.6 Å². The molecule has 0 aliphatic heterocycles. The number of rotatable bonds is 5. The molecule has 3 aromatic rings. The molecule has 1 aromatic heterocycles. The van der Waals surface area contributed by atoms with Gasteiger partial charge >= 0.3 is 0 Å².